The summed E-state index contributed by atoms with van der Waals surface area (Å²) in [5.41, 5.74) is 10.9. The molecule has 3 N–H and O–H groups in total. The first-order chi connectivity index (χ1) is 18.0. The van der Waals surface area contributed by atoms with E-state index in [-0.39, 0.29) is 17.2 Å². The van der Waals surface area contributed by atoms with Gasteiger partial charge in [0.05, 0.1) is 29.3 Å². The van der Waals surface area contributed by atoms with Gasteiger partial charge in [0, 0.05) is 5.56 Å². The van der Waals surface area contributed by atoms with Gasteiger partial charge in [-0.1, -0.05) is 54.1 Å². The van der Waals surface area contributed by atoms with Crippen molar-refractivity contribution in [3.63, 3.8) is 0 Å². The number of nitrogens with one attached hydrogen (secondary N) is 1. The largest absolute Gasteiger partial charge is 0.490 e. The van der Waals surface area contributed by atoms with E-state index in [1.54, 1.807) is 42.5 Å². The van der Waals surface area contributed by atoms with Crippen LogP contribution in [0, 0.1) is 18.3 Å². The van der Waals surface area contributed by atoms with E-state index in [0.29, 0.717) is 34.9 Å². The van der Waals surface area contributed by atoms with Gasteiger partial charge in [0.15, 0.2) is 11.5 Å². The fraction of sp³-hybridized carbons (Fsp3) is 0.138. The number of nitriles is 1. The number of hydrogen-bond donors (Lipinski definition) is 2. The summed E-state index contributed by atoms with van der Waals surface area (Å²) in [7, 11) is 0. The highest BCUT2D eigenvalue weighted by atomic mass is 16.6. The topological polar surface area (TPSA) is 123 Å². The quantitative estimate of drug-likeness (QED) is 0.279. The van der Waals surface area contributed by atoms with Crippen LogP contribution in [-0.2, 0) is 0 Å². The number of aromatic nitrogens is 2. The number of ether oxygens (including phenoxy) is 3. The summed E-state index contributed by atoms with van der Waals surface area (Å²) in [4.78, 5) is 12.7. The zero-order chi connectivity index (χ0) is 25.9. The third-order valence-electron chi connectivity index (χ3n) is 6.09. The normalized spacial score (nSPS) is 14.4. The van der Waals surface area contributed by atoms with Crippen molar-refractivity contribution in [2.75, 3.05) is 6.61 Å². The lowest BCUT2D eigenvalue weighted by atomic mass is 9.83. The average Bonchev–Trinajstić information content (AvgIpc) is 3.33. The second-order valence-corrected chi connectivity index (χ2v) is 8.50. The molecular weight excluding hydrogens is 468 g/mol. The van der Waals surface area contributed by atoms with Gasteiger partial charge in [-0.15, -0.1) is 5.10 Å². The number of nitrogens with zero attached hydrogens (tertiary/aromatic N) is 2. The van der Waals surface area contributed by atoms with Crippen LogP contribution < -0.4 is 19.9 Å². The van der Waals surface area contributed by atoms with Gasteiger partial charge in [0.25, 0.3) is 0 Å². The van der Waals surface area contributed by atoms with Crippen LogP contribution >= 0.6 is 0 Å². The minimum absolute atomic E-state index is 0.0144. The van der Waals surface area contributed by atoms with Crippen LogP contribution in [0.5, 0.6) is 17.4 Å². The third kappa shape index (κ3) is 4.50. The monoisotopic (exact) mass is 492 g/mol. The maximum Gasteiger partial charge on any atom is 0.343 e. The molecule has 4 aromatic rings. The van der Waals surface area contributed by atoms with Gasteiger partial charge in [0.1, 0.15) is 11.6 Å². The number of fused-ring (bicyclic) bond motifs is 1. The van der Waals surface area contributed by atoms with Crippen molar-refractivity contribution in [3.8, 4) is 34.7 Å². The Morgan fingerprint density at radius 3 is 2.57 bits per heavy atom. The van der Waals surface area contributed by atoms with Crippen molar-refractivity contribution in [1.29, 1.82) is 5.26 Å². The second kappa shape index (κ2) is 9.91. The Bertz CT molecular complexity index is 1530. The van der Waals surface area contributed by atoms with Crippen LogP contribution in [0.25, 0.3) is 11.3 Å². The predicted octanol–water partition coefficient (Wildman–Crippen LogP) is 5.22. The molecule has 0 saturated heterocycles. The molecular formula is C29H24N4O4. The van der Waals surface area contributed by atoms with Gasteiger partial charge in [-0.2, -0.15) is 5.26 Å². The van der Waals surface area contributed by atoms with Crippen molar-refractivity contribution in [1.82, 2.24) is 10.2 Å². The van der Waals surface area contributed by atoms with E-state index >= 15 is 0 Å². The average molecular weight is 493 g/mol. The van der Waals surface area contributed by atoms with Crippen LogP contribution in [0.15, 0.2) is 84.3 Å². The van der Waals surface area contributed by atoms with E-state index in [4.69, 9.17) is 19.9 Å². The SMILES string of the molecule is CCOc1cc([C@@H]2C(C#N)=C(N)Oc3n[nH]c(-c4ccc(C)cc4)c32)ccc1OC(=O)c1ccccc1. The van der Waals surface area contributed by atoms with Crippen molar-refractivity contribution >= 4 is 5.97 Å². The van der Waals surface area contributed by atoms with Crippen LogP contribution in [0.1, 0.15) is 39.9 Å². The first-order valence-corrected chi connectivity index (χ1v) is 11.8. The Morgan fingerprint density at radius 2 is 1.86 bits per heavy atom. The number of carbonyl (C=O) groups excluding carboxylic acids is 1. The zero-order valence-electron chi connectivity index (χ0n) is 20.3. The van der Waals surface area contributed by atoms with Gasteiger partial charge in [0.2, 0.25) is 11.8 Å². The molecule has 0 aliphatic carbocycles. The minimum Gasteiger partial charge on any atom is -0.490 e. The number of aryl methyl sites for hydroxylation is 1. The van der Waals surface area contributed by atoms with Gasteiger partial charge in [-0.25, -0.2) is 4.79 Å². The maximum absolute atomic E-state index is 12.7. The van der Waals surface area contributed by atoms with E-state index < -0.39 is 11.9 Å². The standard InChI is InChI=1S/C29H24N4O4/c1-3-35-23-15-20(13-14-22(23)36-29(34)19-7-5-4-6-8-19)24-21(16-30)27(31)37-28-25(24)26(32-33-28)18-11-9-17(2)10-12-18/h4-15,24H,3,31H2,1-2H3,(H,32,33)/t24-/m1/s1. The highest BCUT2D eigenvalue weighted by molar-refractivity contribution is 5.91. The van der Waals surface area contributed by atoms with Crippen LogP contribution in [0.4, 0.5) is 0 Å². The summed E-state index contributed by atoms with van der Waals surface area (Å²) in [6.07, 6.45) is 0. The molecule has 0 saturated carbocycles. The van der Waals surface area contributed by atoms with Gasteiger partial charge in [-0.3, -0.25) is 5.10 Å². The summed E-state index contributed by atoms with van der Waals surface area (Å²) in [6, 6.07) is 24.1. The summed E-state index contributed by atoms with van der Waals surface area (Å²) in [5, 5.41) is 17.4. The molecule has 0 fully saturated rings. The van der Waals surface area contributed by atoms with Crippen LogP contribution in [-0.4, -0.2) is 22.8 Å². The molecule has 8 heteroatoms. The fourth-order valence-corrected chi connectivity index (χ4v) is 4.31. The summed E-state index contributed by atoms with van der Waals surface area (Å²) < 4.78 is 17.2. The molecule has 1 aliphatic heterocycles. The molecule has 184 valence electrons. The molecule has 8 nitrogen and oxygen atoms in total. The molecule has 3 aromatic carbocycles. The molecule has 0 radical (unpaired) electrons. The molecule has 0 unspecified atom stereocenters. The molecule has 37 heavy (non-hydrogen) atoms. The van der Waals surface area contributed by atoms with Crippen molar-refractivity contribution in [2.45, 2.75) is 19.8 Å². The highest BCUT2D eigenvalue weighted by Crippen LogP contribution is 2.47. The number of H-pyrrole nitrogens is 1. The smallest absolute Gasteiger partial charge is 0.343 e. The van der Waals surface area contributed by atoms with Crippen molar-refractivity contribution in [2.24, 2.45) is 5.73 Å². The first kappa shape index (κ1) is 23.7. The molecule has 2 heterocycles. The summed E-state index contributed by atoms with van der Waals surface area (Å²) >= 11 is 0. The number of nitrogens with two attached hydrogens (primary N) is 1. The Hall–Kier alpha value is -5.03. The number of hydrogen-bond acceptors (Lipinski definition) is 7. The number of allylic oxidation sites excluding steroid dienone is 1. The van der Waals surface area contributed by atoms with Gasteiger partial charge < -0.3 is 19.9 Å². The molecule has 0 bridgehead atoms. The zero-order valence-corrected chi connectivity index (χ0v) is 20.3. The van der Waals surface area contributed by atoms with E-state index in [9.17, 15) is 10.1 Å². The summed E-state index contributed by atoms with van der Waals surface area (Å²) in [6.45, 7) is 4.20. The number of aromatic amines is 1. The molecule has 0 spiro atoms. The highest BCUT2D eigenvalue weighted by Gasteiger charge is 2.36. The molecule has 5 rings (SSSR count). The van der Waals surface area contributed by atoms with Crippen molar-refractivity contribution in [3.05, 3.63) is 107 Å². The lowest BCUT2D eigenvalue weighted by Gasteiger charge is -2.25. The Labute approximate surface area is 213 Å². The van der Waals surface area contributed by atoms with E-state index in [0.717, 1.165) is 16.8 Å². The Morgan fingerprint density at radius 1 is 1.11 bits per heavy atom. The predicted molar refractivity (Wildman–Crippen MR) is 137 cm³/mol. The Kier molecular flexibility index (Phi) is 6.35. The fourth-order valence-electron chi connectivity index (χ4n) is 4.31. The first-order valence-electron chi connectivity index (χ1n) is 11.8. The number of esters is 1. The molecule has 1 aromatic heterocycles. The molecule has 1 atom stereocenters. The summed E-state index contributed by atoms with van der Waals surface area (Å²) in [5.74, 6) is -0.154. The van der Waals surface area contributed by atoms with E-state index in [2.05, 4.69) is 16.3 Å². The minimum atomic E-state index is -0.582. The Balaban J connectivity index is 1.59. The second-order valence-electron chi connectivity index (χ2n) is 8.50. The lowest BCUT2D eigenvalue weighted by molar-refractivity contribution is 0.0728. The third-order valence-corrected chi connectivity index (χ3v) is 6.09. The van der Waals surface area contributed by atoms with Gasteiger partial charge in [-0.05, 0) is 43.7 Å². The van der Waals surface area contributed by atoms with Crippen molar-refractivity contribution < 1.29 is 19.0 Å². The van der Waals surface area contributed by atoms with Crippen LogP contribution in [0.2, 0.25) is 0 Å². The van der Waals surface area contributed by atoms with E-state index in [1.165, 1.54) is 0 Å². The van der Waals surface area contributed by atoms with E-state index in [1.807, 2.05) is 44.2 Å². The number of benzene rings is 3. The molecule has 0 amide bonds. The number of rotatable bonds is 6. The molecule has 1 aliphatic rings. The van der Waals surface area contributed by atoms with Crippen LogP contribution in [0.3, 0.4) is 0 Å². The van der Waals surface area contributed by atoms with Gasteiger partial charge >= 0.3 is 5.97 Å². The lowest BCUT2D eigenvalue weighted by Crippen LogP contribution is -2.21. The number of carbonyl (C=O) groups is 1. The maximum atomic E-state index is 12.7.